The van der Waals surface area contributed by atoms with Crippen molar-refractivity contribution in [2.24, 2.45) is 0 Å². The van der Waals surface area contributed by atoms with Gasteiger partial charge in [0.15, 0.2) is 5.76 Å². The minimum atomic E-state index is -0.192. The van der Waals surface area contributed by atoms with E-state index in [2.05, 4.69) is 34.5 Å². The molecule has 1 aliphatic heterocycles. The van der Waals surface area contributed by atoms with Gasteiger partial charge in [-0.15, -0.1) is 0 Å². The number of rotatable bonds is 4. The predicted octanol–water partition coefficient (Wildman–Crippen LogP) is 3.53. The molecule has 1 aromatic heterocycles. The topological polar surface area (TPSA) is 65.7 Å². The highest BCUT2D eigenvalue weighted by molar-refractivity contribution is 5.96. The van der Waals surface area contributed by atoms with Crippen LogP contribution >= 0.6 is 0 Å². The standard InChI is InChI=1S/C21H22N2O3/c24-18-6-7-19-16(12-18)13-20(26-19)21(25)22-17-8-10-23(11-9-17)14-15-4-2-1-3-5-15/h1-7,12-13,17,24H,8-11,14H2,(H,22,25). The molecule has 0 saturated carbocycles. The minimum Gasteiger partial charge on any atom is -0.508 e. The molecular weight excluding hydrogens is 328 g/mol. The Morgan fingerprint density at radius 1 is 1.12 bits per heavy atom. The molecule has 5 nitrogen and oxygen atoms in total. The second-order valence-corrected chi connectivity index (χ2v) is 6.84. The summed E-state index contributed by atoms with van der Waals surface area (Å²) in [6.45, 7) is 2.89. The van der Waals surface area contributed by atoms with Gasteiger partial charge in [-0.3, -0.25) is 9.69 Å². The van der Waals surface area contributed by atoms with Crippen molar-refractivity contribution >= 4 is 16.9 Å². The molecule has 3 aromatic rings. The zero-order valence-electron chi connectivity index (χ0n) is 14.5. The maximum Gasteiger partial charge on any atom is 0.287 e. The second-order valence-electron chi connectivity index (χ2n) is 6.84. The molecule has 2 aromatic carbocycles. The Morgan fingerprint density at radius 3 is 2.65 bits per heavy atom. The Hall–Kier alpha value is -2.79. The van der Waals surface area contributed by atoms with Crippen molar-refractivity contribution in [2.75, 3.05) is 13.1 Å². The van der Waals surface area contributed by atoms with Crippen LogP contribution in [-0.4, -0.2) is 35.0 Å². The molecule has 0 unspecified atom stereocenters. The van der Waals surface area contributed by atoms with E-state index >= 15 is 0 Å². The number of carbonyl (C=O) groups is 1. The van der Waals surface area contributed by atoms with E-state index in [4.69, 9.17) is 4.42 Å². The highest BCUT2D eigenvalue weighted by Crippen LogP contribution is 2.24. The zero-order chi connectivity index (χ0) is 17.9. The average Bonchev–Trinajstić information content (AvgIpc) is 3.07. The van der Waals surface area contributed by atoms with Gasteiger partial charge in [0.25, 0.3) is 5.91 Å². The fraction of sp³-hybridized carbons (Fsp3) is 0.286. The monoisotopic (exact) mass is 350 g/mol. The molecule has 0 bridgehead atoms. The summed E-state index contributed by atoms with van der Waals surface area (Å²) in [7, 11) is 0. The van der Waals surface area contributed by atoms with Crippen LogP contribution in [-0.2, 0) is 6.54 Å². The molecule has 2 heterocycles. The number of phenols is 1. The Bertz CT molecular complexity index is 896. The highest BCUT2D eigenvalue weighted by atomic mass is 16.3. The first-order valence-electron chi connectivity index (χ1n) is 8.97. The Kier molecular flexibility index (Phi) is 4.63. The Labute approximate surface area is 152 Å². The highest BCUT2D eigenvalue weighted by Gasteiger charge is 2.22. The van der Waals surface area contributed by atoms with Gasteiger partial charge in [-0.1, -0.05) is 30.3 Å². The Balaban J connectivity index is 1.32. The van der Waals surface area contributed by atoms with Crippen molar-refractivity contribution in [3.05, 3.63) is 65.9 Å². The molecule has 0 radical (unpaired) electrons. The zero-order valence-corrected chi connectivity index (χ0v) is 14.5. The predicted molar refractivity (Wildman–Crippen MR) is 100 cm³/mol. The number of likely N-dealkylation sites (tertiary alicyclic amines) is 1. The Morgan fingerprint density at radius 2 is 1.88 bits per heavy atom. The van der Waals surface area contributed by atoms with E-state index in [0.29, 0.717) is 5.58 Å². The summed E-state index contributed by atoms with van der Waals surface area (Å²) in [6.07, 6.45) is 1.86. The number of piperidine rings is 1. The van der Waals surface area contributed by atoms with Crippen LogP contribution in [0.5, 0.6) is 5.75 Å². The van der Waals surface area contributed by atoms with E-state index in [1.54, 1.807) is 24.3 Å². The van der Waals surface area contributed by atoms with Gasteiger partial charge in [0.05, 0.1) is 0 Å². The summed E-state index contributed by atoms with van der Waals surface area (Å²) >= 11 is 0. The number of furan rings is 1. The number of nitrogens with one attached hydrogen (secondary N) is 1. The van der Waals surface area contributed by atoms with E-state index < -0.39 is 0 Å². The number of hydrogen-bond acceptors (Lipinski definition) is 4. The summed E-state index contributed by atoms with van der Waals surface area (Å²) in [4.78, 5) is 14.9. The first-order valence-corrected chi connectivity index (χ1v) is 8.97. The fourth-order valence-corrected chi connectivity index (χ4v) is 3.48. The number of aromatic hydroxyl groups is 1. The van der Waals surface area contributed by atoms with Gasteiger partial charge >= 0.3 is 0 Å². The smallest absolute Gasteiger partial charge is 0.287 e. The summed E-state index contributed by atoms with van der Waals surface area (Å²) in [5, 5.41) is 13.3. The largest absolute Gasteiger partial charge is 0.508 e. The molecule has 5 heteroatoms. The summed E-state index contributed by atoms with van der Waals surface area (Å²) in [5.74, 6) is 0.260. The molecule has 0 atom stereocenters. The van der Waals surface area contributed by atoms with E-state index in [0.717, 1.165) is 37.9 Å². The molecule has 0 spiro atoms. The lowest BCUT2D eigenvalue weighted by Gasteiger charge is -2.32. The molecule has 1 amide bonds. The SMILES string of the molecule is O=C(NC1CCN(Cc2ccccc2)CC1)c1cc2cc(O)ccc2o1. The van der Waals surface area contributed by atoms with Crippen LogP contribution in [0.25, 0.3) is 11.0 Å². The molecule has 1 aliphatic rings. The fourth-order valence-electron chi connectivity index (χ4n) is 3.48. The van der Waals surface area contributed by atoms with Crippen molar-refractivity contribution in [2.45, 2.75) is 25.4 Å². The van der Waals surface area contributed by atoms with Crippen LogP contribution in [0, 0.1) is 0 Å². The van der Waals surface area contributed by atoms with Gasteiger partial charge in [-0.05, 0) is 42.7 Å². The maximum atomic E-state index is 12.5. The maximum absolute atomic E-state index is 12.5. The summed E-state index contributed by atoms with van der Waals surface area (Å²) < 4.78 is 5.59. The lowest BCUT2D eigenvalue weighted by Crippen LogP contribution is -2.44. The summed E-state index contributed by atoms with van der Waals surface area (Å²) in [5.41, 5.74) is 1.92. The van der Waals surface area contributed by atoms with Gasteiger partial charge in [-0.2, -0.15) is 0 Å². The van der Waals surface area contributed by atoms with E-state index in [9.17, 15) is 9.90 Å². The van der Waals surface area contributed by atoms with Crippen molar-refractivity contribution in [3.63, 3.8) is 0 Å². The molecule has 4 rings (SSSR count). The lowest BCUT2D eigenvalue weighted by atomic mass is 10.0. The normalized spacial score (nSPS) is 16.0. The van der Waals surface area contributed by atoms with Gasteiger partial charge in [0.1, 0.15) is 11.3 Å². The number of nitrogens with zero attached hydrogens (tertiary/aromatic N) is 1. The molecular formula is C21H22N2O3. The van der Waals surface area contributed by atoms with Crippen LogP contribution < -0.4 is 5.32 Å². The number of benzene rings is 2. The van der Waals surface area contributed by atoms with Crippen molar-refractivity contribution in [3.8, 4) is 5.75 Å². The van der Waals surface area contributed by atoms with Gasteiger partial charge in [0.2, 0.25) is 0 Å². The number of hydrogen-bond donors (Lipinski definition) is 2. The summed E-state index contributed by atoms with van der Waals surface area (Å²) in [6, 6.07) is 17.1. The number of fused-ring (bicyclic) bond motifs is 1. The van der Waals surface area contributed by atoms with E-state index in [1.165, 1.54) is 5.56 Å². The molecule has 134 valence electrons. The van der Waals surface area contributed by atoms with Gasteiger partial charge < -0.3 is 14.8 Å². The number of amides is 1. The molecule has 1 saturated heterocycles. The lowest BCUT2D eigenvalue weighted by molar-refractivity contribution is 0.0883. The third-order valence-corrected chi connectivity index (χ3v) is 4.90. The number of carbonyl (C=O) groups excluding carboxylic acids is 1. The first-order chi connectivity index (χ1) is 12.7. The second kappa shape index (κ2) is 7.22. The van der Waals surface area contributed by atoms with Crippen LogP contribution in [0.15, 0.2) is 59.0 Å². The third-order valence-electron chi connectivity index (χ3n) is 4.90. The van der Waals surface area contributed by atoms with Crippen LogP contribution in [0.3, 0.4) is 0 Å². The van der Waals surface area contributed by atoms with Crippen molar-refractivity contribution < 1.29 is 14.3 Å². The first kappa shape index (κ1) is 16.7. The van der Waals surface area contributed by atoms with Gasteiger partial charge in [0, 0.05) is 31.1 Å². The van der Waals surface area contributed by atoms with Crippen LogP contribution in [0.1, 0.15) is 29.0 Å². The molecule has 26 heavy (non-hydrogen) atoms. The van der Waals surface area contributed by atoms with Crippen LogP contribution in [0.4, 0.5) is 0 Å². The van der Waals surface area contributed by atoms with Crippen LogP contribution in [0.2, 0.25) is 0 Å². The van der Waals surface area contributed by atoms with Crippen molar-refractivity contribution in [1.29, 1.82) is 0 Å². The quantitative estimate of drug-likeness (QED) is 0.755. The van der Waals surface area contributed by atoms with E-state index in [-0.39, 0.29) is 23.5 Å². The van der Waals surface area contributed by atoms with Crippen molar-refractivity contribution in [1.82, 2.24) is 10.2 Å². The van der Waals surface area contributed by atoms with E-state index in [1.807, 2.05) is 6.07 Å². The van der Waals surface area contributed by atoms with Gasteiger partial charge in [-0.25, -0.2) is 0 Å². The third kappa shape index (κ3) is 3.73. The molecule has 1 fully saturated rings. The number of phenolic OH excluding ortho intramolecular Hbond substituents is 1. The molecule has 2 N–H and O–H groups in total. The minimum absolute atomic E-state index is 0.163. The molecule has 0 aliphatic carbocycles. The average molecular weight is 350 g/mol.